The second-order valence-corrected chi connectivity index (χ2v) is 5.14. The van der Waals surface area contributed by atoms with Crippen molar-refractivity contribution in [1.29, 1.82) is 0 Å². The first-order chi connectivity index (χ1) is 7.57. The molecule has 1 aliphatic rings. The normalized spacial score (nSPS) is 29.5. The molecule has 1 fully saturated rings. The van der Waals surface area contributed by atoms with Gasteiger partial charge < -0.3 is 9.84 Å². The van der Waals surface area contributed by atoms with Gasteiger partial charge in [-0.15, -0.1) is 0 Å². The number of benzene rings is 1. The van der Waals surface area contributed by atoms with E-state index in [0.717, 1.165) is 6.42 Å². The Balaban J connectivity index is 2.13. The number of hydrogen-bond acceptors (Lipinski definition) is 2. The van der Waals surface area contributed by atoms with Gasteiger partial charge >= 0.3 is 0 Å². The lowest BCUT2D eigenvalue weighted by Crippen LogP contribution is -2.55. The van der Waals surface area contributed by atoms with Gasteiger partial charge in [0.2, 0.25) is 0 Å². The van der Waals surface area contributed by atoms with Gasteiger partial charge in [-0.2, -0.15) is 0 Å². The van der Waals surface area contributed by atoms with E-state index in [1.165, 1.54) is 5.56 Å². The number of ether oxygens (including phenoxy) is 1. The van der Waals surface area contributed by atoms with Crippen molar-refractivity contribution in [2.24, 2.45) is 5.41 Å². The Labute approximate surface area is 97.3 Å². The maximum Gasteiger partial charge on any atom is 0.0921 e. The summed E-state index contributed by atoms with van der Waals surface area (Å²) in [6.07, 6.45) is 0.466. The summed E-state index contributed by atoms with van der Waals surface area (Å²) < 4.78 is 5.84. The molecule has 1 heterocycles. The van der Waals surface area contributed by atoms with Crippen LogP contribution in [0.1, 0.15) is 38.9 Å². The van der Waals surface area contributed by atoms with E-state index in [9.17, 15) is 5.11 Å². The molecule has 0 aromatic heterocycles. The van der Waals surface area contributed by atoms with Crippen LogP contribution in [0.4, 0.5) is 0 Å². The molecule has 16 heavy (non-hydrogen) atoms. The number of aliphatic hydroxyl groups is 1. The Bertz CT molecular complexity index is 345. The Hall–Kier alpha value is -0.860. The summed E-state index contributed by atoms with van der Waals surface area (Å²) in [5.74, 6) is 0. The van der Waals surface area contributed by atoms with Gasteiger partial charge in [0, 0.05) is 5.41 Å². The van der Waals surface area contributed by atoms with Crippen molar-refractivity contribution in [3.63, 3.8) is 0 Å². The van der Waals surface area contributed by atoms with E-state index < -0.39 is 0 Å². The Morgan fingerprint density at radius 1 is 1.31 bits per heavy atom. The summed E-state index contributed by atoms with van der Waals surface area (Å²) in [6, 6.07) is 10.2. The van der Waals surface area contributed by atoms with Crippen molar-refractivity contribution in [2.45, 2.75) is 45.5 Å². The summed E-state index contributed by atoms with van der Waals surface area (Å²) in [5, 5.41) is 9.85. The van der Waals surface area contributed by atoms with Gasteiger partial charge in [-0.05, 0) is 12.0 Å². The van der Waals surface area contributed by atoms with Crippen LogP contribution in [0, 0.1) is 5.41 Å². The molecule has 0 spiro atoms. The van der Waals surface area contributed by atoms with Crippen LogP contribution in [0.25, 0.3) is 0 Å². The molecular formula is C14H20O2. The van der Waals surface area contributed by atoms with Gasteiger partial charge in [0.05, 0.1) is 18.3 Å². The van der Waals surface area contributed by atoms with Crippen molar-refractivity contribution in [3.05, 3.63) is 35.9 Å². The molecule has 3 atom stereocenters. The molecule has 1 aromatic rings. The Kier molecular flexibility index (Phi) is 3.04. The van der Waals surface area contributed by atoms with Gasteiger partial charge in [-0.25, -0.2) is 0 Å². The molecule has 2 heteroatoms. The molecule has 0 unspecified atom stereocenters. The van der Waals surface area contributed by atoms with Crippen molar-refractivity contribution in [1.82, 2.24) is 0 Å². The van der Waals surface area contributed by atoms with Crippen LogP contribution in [0.15, 0.2) is 30.3 Å². The lowest BCUT2D eigenvalue weighted by atomic mass is 9.70. The zero-order valence-electron chi connectivity index (χ0n) is 10.2. The van der Waals surface area contributed by atoms with E-state index in [1.807, 2.05) is 25.1 Å². The van der Waals surface area contributed by atoms with Crippen LogP contribution in [0.5, 0.6) is 0 Å². The fraction of sp³-hybridized carbons (Fsp3) is 0.571. The second-order valence-electron chi connectivity index (χ2n) is 5.14. The van der Waals surface area contributed by atoms with Gasteiger partial charge in [0.1, 0.15) is 0 Å². The summed E-state index contributed by atoms with van der Waals surface area (Å²) >= 11 is 0. The fourth-order valence-electron chi connectivity index (χ4n) is 2.51. The van der Waals surface area contributed by atoms with Crippen molar-refractivity contribution < 1.29 is 9.84 Å². The fourth-order valence-corrected chi connectivity index (χ4v) is 2.51. The first kappa shape index (κ1) is 11.6. The summed E-state index contributed by atoms with van der Waals surface area (Å²) in [5.41, 5.74) is 1.21. The Morgan fingerprint density at radius 3 is 2.44 bits per heavy atom. The standard InChI is InChI=1S/C14H20O2/c1-4-11(15)13-14(2,3)12(16-13)10-8-6-5-7-9-10/h5-9,11-13,15H,4H2,1-3H3/t11-,12-,13+/m1/s1. The van der Waals surface area contributed by atoms with E-state index in [2.05, 4.69) is 26.0 Å². The minimum atomic E-state index is -0.352. The van der Waals surface area contributed by atoms with Gasteiger partial charge in [-0.1, -0.05) is 51.1 Å². The molecule has 0 bridgehead atoms. The second kappa shape index (κ2) is 4.19. The quantitative estimate of drug-likeness (QED) is 0.848. The van der Waals surface area contributed by atoms with Crippen LogP contribution in [-0.2, 0) is 4.74 Å². The molecule has 0 radical (unpaired) electrons. The van der Waals surface area contributed by atoms with Crippen LogP contribution in [-0.4, -0.2) is 17.3 Å². The predicted octanol–water partition coefficient (Wildman–Crippen LogP) is 2.92. The van der Waals surface area contributed by atoms with Crippen molar-refractivity contribution >= 4 is 0 Å². The highest BCUT2D eigenvalue weighted by Gasteiger charge is 2.52. The third-order valence-corrected chi connectivity index (χ3v) is 3.56. The van der Waals surface area contributed by atoms with Gasteiger partial charge in [-0.3, -0.25) is 0 Å². The first-order valence-corrected chi connectivity index (χ1v) is 5.96. The van der Waals surface area contributed by atoms with E-state index in [1.54, 1.807) is 0 Å². The first-order valence-electron chi connectivity index (χ1n) is 5.96. The van der Waals surface area contributed by atoms with Crippen molar-refractivity contribution in [3.8, 4) is 0 Å². The maximum atomic E-state index is 9.85. The van der Waals surface area contributed by atoms with Crippen LogP contribution in [0.3, 0.4) is 0 Å². The molecule has 1 aliphatic heterocycles. The highest BCUT2D eigenvalue weighted by Crippen LogP contribution is 2.52. The molecule has 88 valence electrons. The molecular weight excluding hydrogens is 200 g/mol. The topological polar surface area (TPSA) is 29.5 Å². The minimum absolute atomic E-state index is 0.0107. The van der Waals surface area contributed by atoms with Gasteiger partial charge in [0.15, 0.2) is 0 Å². The largest absolute Gasteiger partial charge is 0.390 e. The highest BCUT2D eigenvalue weighted by atomic mass is 16.5. The molecule has 1 saturated heterocycles. The number of rotatable bonds is 3. The molecule has 0 aliphatic carbocycles. The van der Waals surface area contributed by atoms with E-state index in [4.69, 9.17) is 4.74 Å². The minimum Gasteiger partial charge on any atom is -0.390 e. The third-order valence-electron chi connectivity index (χ3n) is 3.56. The van der Waals surface area contributed by atoms with Crippen molar-refractivity contribution in [2.75, 3.05) is 0 Å². The average molecular weight is 220 g/mol. The zero-order chi connectivity index (χ0) is 11.8. The molecule has 1 aromatic carbocycles. The van der Waals surface area contributed by atoms with Crippen LogP contribution >= 0.6 is 0 Å². The number of aliphatic hydroxyl groups excluding tert-OH is 1. The van der Waals surface area contributed by atoms with Crippen LogP contribution in [0.2, 0.25) is 0 Å². The van der Waals surface area contributed by atoms with Crippen LogP contribution < -0.4 is 0 Å². The molecule has 2 rings (SSSR count). The smallest absolute Gasteiger partial charge is 0.0921 e. The number of hydrogen-bond donors (Lipinski definition) is 1. The zero-order valence-corrected chi connectivity index (χ0v) is 10.2. The maximum absolute atomic E-state index is 9.85. The lowest BCUT2D eigenvalue weighted by Gasteiger charge is -2.53. The molecule has 0 saturated carbocycles. The third kappa shape index (κ3) is 1.76. The SMILES string of the molecule is CC[C@@H](O)[C@@H]1O[C@H](c2ccccc2)C1(C)C. The lowest BCUT2D eigenvalue weighted by molar-refractivity contribution is -0.271. The van der Waals surface area contributed by atoms with E-state index >= 15 is 0 Å². The summed E-state index contributed by atoms with van der Waals surface area (Å²) in [7, 11) is 0. The summed E-state index contributed by atoms with van der Waals surface area (Å²) in [4.78, 5) is 0. The molecule has 0 amide bonds. The molecule has 1 N–H and O–H groups in total. The van der Waals surface area contributed by atoms with E-state index in [-0.39, 0.29) is 23.7 Å². The predicted molar refractivity (Wildman–Crippen MR) is 64.1 cm³/mol. The Morgan fingerprint density at radius 2 is 1.94 bits per heavy atom. The summed E-state index contributed by atoms with van der Waals surface area (Å²) in [6.45, 7) is 6.31. The monoisotopic (exact) mass is 220 g/mol. The van der Waals surface area contributed by atoms with Gasteiger partial charge in [0.25, 0.3) is 0 Å². The van der Waals surface area contributed by atoms with E-state index in [0.29, 0.717) is 0 Å². The highest BCUT2D eigenvalue weighted by molar-refractivity contribution is 5.23. The molecule has 2 nitrogen and oxygen atoms in total. The average Bonchev–Trinajstić information content (AvgIpc) is 2.29.